The minimum absolute atomic E-state index is 0.160. The molecule has 0 unspecified atom stereocenters. The predicted molar refractivity (Wildman–Crippen MR) is 56.0 cm³/mol. The zero-order valence-electron chi connectivity index (χ0n) is 8.66. The second kappa shape index (κ2) is 3.35. The Morgan fingerprint density at radius 3 is 2.80 bits per heavy atom. The SMILES string of the molecule is C(#CC12CCCN1CCC2)c1ncn[nH]1. The molecule has 0 radical (unpaired) electrons. The summed E-state index contributed by atoms with van der Waals surface area (Å²) < 4.78 is 0. The van der Waals surface area contributed by atoms with E-state index in [4.69, 9.17) is 0 Å². The molecule has 3 heterocycles. The standard InChI is InChI=1S/C11H14N4/c1-4-11(5-2-8-15(11)7-1)6-3-10-12-9-13-14-10/h9H,1-2,4-5,7-8H2,(H,12,13,14). The molecule has 0 bridgehead atoms. The van der Waals surface area contributed by atoms with Gasteiger partial charge >= 0.3 is 0 Å². The van der Waals surface area contributed by atoms with Gasteiger partial charge in [-0.1, -0.05) is 5.92 Å². The zero-order valence-corrected chi connectivity index (χ0v) is 8.66. The van der Waals surface area contributed by atoms with Gasteiger partial charge in [0, 0.05) is 0 Å². The van der Waals surface area contributed by atoms with Crippen LogP contribution < -0.4 is 0 Å². The topological polar surface area (TPSA) is 44.8 Å². The Balaban J connectivity index is 1.87. The van der Waals surface area contributed by atoms with Gasteiger partial charge in [-0.2, -0.15) is 5.10 Å². The summed E-state index contributed by atoms with van der Waals surface area (Å²) in [4.78, 5) is 6.55. The number of aromatic amines is 1. The molecule has 0 aromatic carbocycles. The Morgan fingerprint density at radius 1 is 1.33 bits per heavy atom. The van der Waals surface area contributed by atoms with Crippen molar-refractivity contribution in [2.75, 3.05) is 13.1 Å². The number of nitrogens with one attached hydrogen (secondary N) is 1. The molecular formula is C11H14N4. The van der Waals surface area contributed by atoms with Gasteiger partial charge in [-0.25, -0.2) is 4.98 Å². The van der Waals surface area contributed by atoms with Gasteiger partial charge in [0.2, 0.25) is 5.82 Å². The van der Waals surface area contributed by atoms with Gasteiger partial charge in [0.25, 0.3) is 0 Å². The third-order valence-corrected chi connectivity index (χ3v) is 3.47. The van der Waals surface area contributed by atoms with Crippen molar-refractivity contribution in [3.8, 4) is 11.8 Å². The van der Waals surface area contributed by atoms with E-state index in [-0.39, 0.29) is 5.54 Å². The summed E-state index contributed by atoms with van der Waals surface area (Å²) in [6.45, 7) is 2.43. The van der Waals surface area contributed by atoms with Crippen LogP contribution in [0.5, 0.6) is 0 Å². The Kier molecular flexibility index (Phi) is 2.00. The second-order valence-corrected chi connectivity index (χ2v) is 4.31. The van der Waals surface area contributed by atoms with E-state index in [9.17, 15) is 0 Å². The first kappa shape index (κ1) is 8.93. The van der Waals surface area contributed by atoms with Crippen molar-refractivity contribution in [1.82, 2.24) is 20.1 Å². The van der Waals surface area contributed by atoms with Crippen LogP contribution >= 0.6 is 0 Å². The number of H-pyrrole nitrogens is 1. The third kappa shape index (κ3) is 1.44. The van der Waals surface area contributed by atoms with Crippen molar-refractivity contribution in [1.29, 1.82) is 0 Å². The molecule has 0 spiro atoms. The van der Waals surface area contributed by atoms with Crippen molar-refractivity contribution >= 4 is 0 Å². The quantitative estimate of drug-likeness (QED) is 0.632. The summed E-state index contributed by atoms with van der Waals surface area (Å²) >= 11 is 0. The first-order chi connectivity index (χ1) is 7.39. The molecule has 0 saturated carbocycles. The molecule has 1 aromatic rings. The highest BCUT2D eigenvalue weighted by Gasteiger charge is 2.42. The van der Waals surface area contributed by atoms with E-state index in [0.717, 1.165) is 0 Å². The first-order valence-electron chi connectivity index (χ1n) is 5.53. The Bertz CT molecular complexity index is 388. The maximum absolute atomic E-state index is 4.03. The summed E-state index contributed by atoms with van der Waals surface area (Å²) in [6, 6.07) is 0. The van der Waals surface area contributed by atoms with Crippen LogP contribution in [0.15, 0.2) is 6.33 Å². The average molecular weight is 202 g/mol. The van der Waals surface area contributed by atoms with Gasteiger partial charge < -0.3 is 0 Å². The minimum Gasteiger partial charge on any atom is -0.287 e. The van der Waals surface area contributed by atoms with Crippen LogP contribution in [0, 0.1) is 11.8 Å². The normalized spacial score (nSPS) is 23.5. The molecule has 3 rings (SSSR count). The third-order valence-electron chi connectivity index (χ3n) is 3.47. The predicted octanol–water partition coefficient (Wildman–Crippen LogP) is 0.785. The molecule has 2 aliphatic heterocycles. The van der Waals surface area contributed by atoms with Crippen molar-refractivity contribution in [3.63, 3.8) is 0 Å². The first-order valence-corrected chi connectivity index (χ1v) is 5.53. The van der Waals surface area contributed by atoms with E-state index in [0.29, 0.717) is 5.82 Å². The number of hydrogen-bond donors (Lipinski definition) is 1. The maximum Gasteiger partial charge on any atom is 0.200 e. The monoisotopic (exact) mass is 202 g/mol. The van der Waals surface area contributed by atoms with Crippen LogP contribution in [0.3, 0.4) is 0 Å². The van der Waals surface area contributed by atoms with Gasteiger partial charge in [-0.3, -0.25) is 10.00 Å². The lowest BCUT2D eigenvalue weighted by molar-refractivity contribution is 0.261. The molecule has 2 fully saturated rings. The van der Waals surface area contributed by atoms with Crippen molar-refractivity contribution in [2.45, 2.75) is 31.2 Å². The molecule has 78 valence electrons. The molecule has 0 aliphatic carbocycles. The minimum atomic E-state index is 0.160. The molecule has 0 amide bonds. The molecule has 0 atom stereocenters. The van der Waals surface area contributed by atoms with E-state index in [1.54, 1.807) is 0 Å². The fourth-order valence-electron chi connectivity index (χ4n) is 2.75. The summed E-state index contributed by atoms with van der Waals surface area (Å²) in [7, 11) is 0. The van der Waals surface area contributed by atoms with Crippen molar-refractivity contribution in [3.05, 3.63) is 12.2 Å². The van der Waals surface area contributed by atoms with Crippen LogP contribution in [0.4, 0.5) is 0 Å². The van der Waals surface area contributed by atoms with Crippen LogP contribution in [0.1, 0.15) is 31.5 Å². The molecule has 15 heavy (non-hydrogen) atoms. The fraction of sp³-hybridized carbons (Fsp3) is 0.636. The van der Waals surface area contributed by atoms with Gasteiger partial charge in [0.05, 0.1) is 5.54 Å². The van der Waals surface area contributed by atoms with Crippen LogP contribution in [-0.2, 0) is 0 Å². The van der Waals surface area contributed by atoms with Crippen LogP contribution in [0.25, 0.3) is 0 Å². The molecular weight excluding hydrogens is 188 g/mol. The number of aromatic nitrogens is 3. The summed E-state index contributed by atoms with van der Waals surface area (Å²) in [5.74, 6) is 7.19. The molecule has 2 saturated heterocycles. The lowest BCUT2D eigenvalue weighted by Crippen LogP contribution is -2.36. The van der Waals surface area contributed by atoms with Crippen LogP contribution in [-0.4, -0.2) is 38.7 Å². The number of rotatable bonds is 0. The number of nitrogens with zero attached hydrogens (tertiary/aromatic N) is 3. The fourth-order valence-corrected chi connectivity index (χ4v) is 2.75. The highest BCUT2D eigenvalue weighted by molar-refractivity contribution is 5.29. The summed E-state index contributed by atoms with van der Waals surface area (Å²) in [5, 5.41) is 6.58. The number of fused-ring (bicyclic) bond motifs is 1. The van der Waals surface area contributed by atoms with Crippen molar-refractivity contribution < 1.29 is 0 Å². The highest BCUT2D eigenvalue weighted by atomic mass is 15.2. The van der Waals surface area contributed by atoms with Gasteiger partial charge in [-0.05, 0) is 44.7 Å². The highest BCUT2D eigenvalue weighted by Crippen LogP contribution is 2.38. The Hall–Kier alpha value is -1.34. The largest absolute Gasteiger partial charge is 0.287 e. The average Bonchev–Trinajstić information content (AvgIpc) is 2.91. The zero-order chi connectivity index (χ0) is 10.1. The van der Waals surface area contributed by atoms with E-state index >= 15 is 0 Å². The van der Waals surface area contributed by atoms with E-state index in [1.807, 2.05) is 0 Å². The molecule has 1 N–H and O–H groups in total. The van der Waals surface area contributed by atoms with E-state index in [2.05, 4.69) is 31.9 Å². The lowest BCUT2D eigenvalue weighted by Gasteiger charge is -2.25. The Morgan fingerprint density at radius 2 is 2.13 bits per heavy atom. The van der Waals surface area contributed by atoms with E-state index in [1.165, 1.54) is 45.1 Å². The lowest BCUT2D eigenvalue weighted by atomic mass is 9.95. The second-order valence-electron chi connectivity index (χ2n) is 4.31. The smallest absolute Gasteiger partial charge is 0.200 e. The van der Waals surface area contributed by atoms with E-state index < -0.39 is 0 Å². The van der Waals surface area contributed by atoms with Gasteiger partial charge in [-0.15, -0.1) is 0 Å². The maximum atomic E-state index is 4.03. The van der Waals surface area contributed by atoms with Crippen molar-refractivity contribution in [2.24, 2.45) is 0 Å². The number of hydrogen-bond acceptors (Lipinski definition) is 3. The molecule has 4 heteroatoms. The van der Waals surface area contributed by atoms with Gasteiger partial charge in [0.15, 0.2) is 0 Å². The summed E-state index contributed by atoms with van der Waals surface area (Å²) in [6.07, 6.45) is 6.50. The van der Waals surface area contributed by atoms with Gasteiger partial charge in [0.1, 0.15) is 6.33 Å². The van der Waals surface area contributed by atoms with Crippen LogP contribution in [0.2, 0.25) is 0 Å². The molecule has 1 aromatic heterocycles. The molecule has 4 nitrogen and oxygen atoms in total. The Labute approximate surface area is 89.1 Å². The summed E-state index contributed by atoms with van der Waals surface area (Å²) in [5.41, 5.74) is 0.160. The molecule has 2 aliphatic rings.